The fourth-order valence-corrected chi connectivity index (χ4v) is 3.29. The largest absolute Gasteiger partial charge is 0.394 e. The first-order valence-corrected chi connectivity index (χ1v) is 10.4. The van der Waals surface area contributed by atoms with E-state index in [0.29, 0.717) is 36.8 Å². The number of ether oxygens (including phenoxy) is 2. The average Bonchev–Trinajstić information content (AvgIpc) is 3.28. The van der Waals surface area contributed by atoms with Crippen LogP contribution < -0.4 is 5.32 Å². The number of carbonyl (C=O) groups is 1. The fraction of sp³-hybridized carbons (Fsp3) is 0.429. The number of aliphatic hydroxyl groups excluding tert-OH is 1. The SMILES string of the molecule is Cc1nc(C(=O)NCc2ccc(F)c(C)c2)cc(-c2nnn(C[C@H]3CO[C@H](CO)CO3)n2)n1. The molecule has 1 aliphatic heterocycles. The lowest BCUT2D eigenvalue weighted by atomic mass is 10.1. The van der Waals surface area contributed by atoms with E-state index in [-0.39, 0.29) is 42.7 Å². The molecule has 1 amide bonds. The molecule has 0 unspecified atom stereocenters. The summed E-state index contributed by atoms with van der Waals surface area (Å²) in [6, 6.07) is 6.16. The zero-order valence-corrected chi connectivity index (χ0v) is 18.2. The standard InChI is InChI=1S/C21H24FN7O4/c1-12-5-14(3-4-17(12)22)7-23-21(31)19-6-18(24-13(2)25-19)20-26-28-29(27-20)8-15-10-33-16(9-30)11-32-15/h3-6,15-16,30H,7-11H2,1-2H3,(H,23,31)/t15-,16+/m0/s1. The third-order valence-electron chi connectivity index (χ3n) is 5.03. The second kappa shape index (κ2) is 10.1. The minimum atomic E-state index is -0.401. The third-order valence-corrected chi connectivity index (χ3v) is 5.03. The summed E-state index contributed by atoms with van der Waals surface area (Å²) in [4.78, 5) is 22.5. The minimum absolute atomic E-state index is 0.0923. The summed E-state index contributed by atoms with van der Waals surface area (Å²) in [6.45, 7) is 4.40. The number of rotatable bonds is 7. The molecule has 1 fully saturated rings. The number of aromatic nitrogens is 6. The minimum Gasteiger partial charge on any atom is -0.394 e. The number of hydrogen-bond donors (Lipinski definition) is 2. The second-order valence-electron chi connectivity index (χ2n) is 7.71. The number of nitrogens with one attached hydrogen (secondary N) is 1. The van der Waals surface area contributed by atoms with E-state index >= 15 is 0 Å². The highest BCUT2D eigenvalue weighted by Crippen LogP contribution is 2.14. The predicted molar refractivity (Wildman–Crippen MR) is 112 cm³/mol. The maximum Gasteiger partial charge on any atom is 0.270 e. The number of aliphatic hydroxyl groups is 1. The van der Waals surface area contributed by atoms with Gasteiger partial charge >= 0.3 is 0 Å². The highest BCUT2D eigenvalue weighted by Gasteiger charge is 2.23. The van der Waals surface area contributed by atoms with Gasteiger partial charge in [-0.2, -0.15) is 4.80 Å². The highest BCUT2D eigenvalue weighted by molar-refractivity contribution is 5.93. The summed E-state index contributed by atoms with van der Waals surface area (Å²) in [5.41, 5.74) is 1.80. The van der Waals surface area contributed by atoms with Gasteiger partial charge in [-0.25, -0.2) is 14.4 Å². The number of carbonyl (C=O) groups excluding carboxylic acids is 1. The quantitative estimate of drug-likeness (QED) is 0.522. The molecule has 2 atom stereocenters. The van der Waals surface area contributed by atoms with E-state index in [1.165, 1.54) is 16.9 Å². The number of amides is 1. The molecule has 3 aromatic rings. The summed E-state index contributed by atoms with van der Waals surface area (Å²) in [7, 11) is 0. The smallest absolute Gasteiger partial charge is 0.270 e. The van der Waals surface area contributed by atoms with Gasteiger partial charge in [0.25, 0.3) is 5.91 Å². The van der Waals surface area contributed by atoms with Crippen LogP contribution in [-0.4, -0.2) is 73.2 Å². The van der Waals surface area contributed by atoms with E-state index in [9.17, 15) is 9.18 Å². The van der Waals surface area contributed by atoms with Crippen molar-refractivity contribution in [2.24, 2.45) is 0 Å². The molecule has 3 heterocycles. The molecule has 1 saturated heterocycles. The Hall–Kier alpha value is -3.35. The number of nitrogens with zero attached hydrogens (tertiary/aromatic N) is 6. The molecule has 0 saturated carbocycles. The van der Waals surface area contributed by atoms with Crippen LogP contribution in [0.2, 0.25) is 0 Å². The first kappa shape index (κ1) is 22.8. The lowest BCUT2D eigenvalue weighted by Crippen LogP contribution is -2.40. The first-order valence-electron chi connectivity index (χ1n) is 10.4. The molecule has 4 rings (SSSR count). The van der Waals surface area contributed by atoms with Crippen molar-refractivity contribution in [1.82, 2.24) is 35.5 Å². The van der Waals surface area contributed by atoms with Crippen LogP contribution in [0.3, 0.4) is 0 Å². The Balaban J connectivity index is 1.41. The zero-order chi connectivity index (χ0) is 23.4. The van der Waals surface area contributed by atoms with Crippen LogP contribution in [0, 0.1) is 19.7 Å². The molecule has 2 N–H and O–H groups in total. The zero-order valence-electron chi connectivity index (χ0n) is 18.2. The highest BCUT2D eigenvalue weighted by atomic mass is 19.1. The molecule has 11 nitrogen and oxygen atoms in total. The van der Waals surface area contributed by atoms with Crippen molar-refractivity contribution < 1.29 is 23.8 Å². The first-order chi connectivity index (χ1) is 15.9. The van der Waals surface area contributed by atoms with Gasteiger partial charge in [0, 0.05) is 6.54 Å². The predicted octanol–water partition coefficient (Wildman–Crippen LogP) is 0.592. The molecular formula is C21H24FN7O4. The Bertz CT molecular complexity index is 1130. The number of hydrogen-bond acceptors (Lipinski definition) is 9. The maximum absolute atomic E-state index is 13.4. The lowest BCUT2D eigenvalue weighted by molar-refractivity contribution is -0.150. The van der Waals surface area contributed by atoms with Crippen LogP contribution in [0.15, 0.2) is 24.3 Å². The Morgan fingerprint density at radius 3 is 2.73 bits per heavy atom. The van der Waals surface area contributed by atoms with Gasteiger partial charge in [-0.15, -0.1) is 10.2 Å². The molecule has 0 spiro atoms. The topological polar surface area (TPSA) is 137 Å². The van der Waals surface area contributed by atoms with Gasteiger partial charge in [0.1, 0.15) is 35.2 Å². The monoisotopic (exact) mass is 457 g/mol. The third kappa shape index (κ3) is 5.72. The van der Waals surface area contributed by atoms with Gasteiger partial charge in [0.05, 0.1) is 26.4 Å². The van der Waals surface area contributed by atoms with Crippen LogP contribution in [0.1, 0.15) is 27.4 Å². The van der Waals surface area contributed by atoms with Crippen LogP contribution in [0.4, 0.5) is 4.39 Å². The normalized spacial score (nSPS) is 18.3. The molecule has 0 bridgehead atoms. The van der Waals surface area contributed by atoms with Crippen LogP contribution in [-0.2, 0) is 22.6 Å². The summed E-state index contributed by atoms with van der Waals surface area (Å²) in [6.07, 6.45) is -0.584. The number of tetrazole rings is 1. The van der Waals surface area contributed by atoms with Gasteiger partial charge in [-0.05, 0) is 42.3 Å². The van der Waals surface area contributed by atoms with Crippen LogP contribution in [0.5, 0.6) is 0 Å². The molecule has 0 radical (unpaired) electrons. The molecule has 1 aromatic carbocycles. The van der Waals surface area contributed by atoms with Gasteiger partial charge < -0.3 is 19.9 Å². The van der Waals surface area contributed by atoms with E-state index < -0.39 is 5.91 Å². The van der Waals surface area contributed by atoms with Crippen molar-refractivity contribution in [3.8, 4) is 11.5 Å². The maximum atomic E-state index is 13.4. The molecule has 0 aliphatic carbocycles. The molecule has 1 aliphatic rings. The summed E-state index contributed by atoms with van der Waals surface area (Å²) in [5.74, 6) is -0.0692. The Labute approximate surface area is 189 Å². The van der Waals surface area contributed by atoms with E-state index in [1.807, 2.05) is 0 Å². The summed E-state index contributed by atoms with van der Waals surface area (Å²) < 4.78 is 24.5. The van der Waals surface area contributed by atoms with Crippen LogP contribution >= 0.6 is 0 Å². The van der Waals surface area contributed by atoms with Crippen molar-refractivity contribution in [3.05, 3.63) is 52.7 Å². The Kier molecular flexibility index (Phi) is 6.96. The van der Waals surface area contributed by atoms with Gasteiger partial charge in [-0.1, -0.05) is 12.1 Å². The van der Waals surface area contributed by atoms with Crippen molar-refractivity contribution in [3.63, 3.8) is 0 Å². The fourth-order valence-electron chi connectivity index (χ4n) is 3.29. The molecule has 12 heteroatoms. The summed E-state index contributed by atoms with van der Waals surface area (Å²) in [5, 5.41) is 24.2. The van der Waals surface area contributed by atoms with Gasteiger partial charge in [0.2, 0.25) is 5.82 Å². The van der Waals surface area contributed by atoms with Crippen LogP contribution in [0.25, 0.3) is 11.5 Å². The van der Waals surface area contributed by atoms with E-state index in [4.69, 9.17) is 14.6 Å². The van der Waals surface area contributed by atoms with Gasteiger partial charge in [0.15, 0.2) is 0 Å². The molecule has 2 aromatic heterocycles. The summed E-state index contributed by atoms with van der Waals surface area (Å²) >= 11 is 0. The molecular weight excluding hydrogens is 433 g/mol. The van der Waals surface area contributed by atoms with E-state index in [1.54, 1.807) is 26.0 Å². The van der Waals surface area contributed by atoms with Crippen molar-refractivity contribution in [2.75, 3.05) is 19.8 Å². The Morgan fingerprint density at radius 1 is 1.21 bits per heavy atom. The van der Waals surface area contributed by atoms with Crippen molar-refractivity contribution >= 4 is 5.91 Å². The Morgan fingerprint density at radius 2 is 2.00 bits per heavy atom. The molecule has 174 valence electrons. The lowest BCUT2D eigenvalue weighted by Gasteiger charge is -2.27. The second-order valence-corrected chi connectivity index (χ2v) is 7.71. The van der Waals surface area contributed by atoms with Gasteiger partial charge in [-0.3, -0.25) is 4.79 Å². The van der Waals surface area contributed by atoms with Crippen molar-refractivity contribution in [1.29, 1.82) is 0 Å². The number of benzene rings is 1. The number of halogens is 1. The van der Waals surface area contributed by atoms with Crippen molar-refractivity contribution in [2.45, 2.75) is 39.1 Å². The average molecular weight is 457 g/mol. The number of aryl methyl sites for hydroxylation is 2. The van der Waals surface area contributed by atoms with E-state index in [2.05, 4.69) is 30.7 Å². The molecule has 33 heavy (non-hydrogen) atoms. The van der Waals surface area contributed by atoms with E-state index in [0.717, 1.165) is 5.56 Å².